The van der Waals surface area contributed by atoms with E-state index in [-0.39, 0.29) is 12.3 Å². The average molecular weight is 508 g/mol. The van der Waals surface area contributed by atoms with Crippen molar-refractivity contribution in [3.8, 4) is 17.0 Å². The highest BCUT2D eigenvalue weighted by Crippen LogP contribution is 2.26. The maximum absolute atomic E-state index is 11.6. The molecule has 36 heavy (non-hydrogen) atoms. The van der Waals surface area contributed by atoms with E-state index in [1.807, 2.05) is 36.6 Å². The first kappa shape index (κ1) is 27.0. The number of thiazole rings is 1. The summed E-state index contributed by atoms with van der Waals surface area (Å²) in [6.07, 6.45) is 5.91. The molecule has 3 N–H and O–H groups in total. The number of para-hydroxylation sites is 2. The summed E-state index contributed by atoms with van der Waals surface area (Å²) in [6.45, 7) is 4.41. The first-order valence-corrected chi connectivity index (χ1v) is 13.0. The fourth-order valence-corrected chi connectivity index (χ4v) is 4.10. The van der Waals surface area contributed by atoms with Gasteiger partial charge in [0, 0.05) is 17.6 Å². The third-order valence-electron chi connectivity index (χ3n) is 5.41. The van der Waals surface area contributed by atoms with Crippen molar-refractivity contribution in [1.82, 2.24) is 4.98 Å². The number of aldehydes is 1. The van der Waals surface area contributed by atoms with Crippen molar-refractivity contribution < 1.29 is 14.6 Å². The van der Waals surface area contributed by atoms with Gasteiger partial charge in [-0.05, 0) is 50.8 Å². The minimum Gasteiger partial charge on any atom is -0.492 e. The first-order valence-electron chi connectivity index (χ1n) is 12.1. The quantitative estimate of drug-likeness (QED) is 0.104. The highest BCUT2D eigenvalue weighted by molar-refractivity contribution is 7.14. The Balaban J connectivity index is 1.57. The number of benzene rings is 2. The smallest absolute Gasteiger partial charge is 0.203 e. The fourth-order valence-electron chi connectivity index (χ4n) is 3.44. The van der Waals surface area contributed by atoms with Gasteiger partial charge in [-0.2, -0.15) is 10.2 Å². The summed E-state index contributed by atoms with van der Waals surface area (Å²) in [7, 11) is 0. The van der Waals surface area contributed by atoms with Crippen molar-refractivity contribution in [2.45, 2.75) is 46.0 Å². The van der Waals surface area contributed by atoms with E-state index in [1.165, 1.54) is 16.9 Å². The Morgan fingerprint density at radius 2 is 1.83 bits per heavy atom. The van der Waals surface area contributed by atoms with Crippen LogP contribution in [0, 0.1) is 0 Å². The number of ether oxygens (including phenoxy) is 1. The minimum atomic E-state index is 0.164. The highest BCUT2D eigenvalue weighted by Gasteiger charge is 2.08. The molecule has 2 aromatic carbocycles. The molecule has 3 aromatic rings. The summed E-state index contributed by atoms with van der Waals surface area (Å²) < 4.78 is 5.57. The van der Waals surface area contributed by atoms with E-state index < -0.39 is 0 Å². The zero-order chi connectivity index (χ0) is 25.6. The van der Waals surface area contributed by atoms with E-state index >= 15 is 0 Å². The third kappa shape index (κ3) is 8.28. The number of unbranched alkanes of at least 4 members (excludes halogenated alkanes) is 3. The number of hydrogen-bond acceptors (Lipinski definition) is 9. The zero-order valence-corrected chi connectivity index (χ0v) is 21.6. The average Bonchev–Trinajstić information content (AvgIpc) is 3.38. The van der Waals surface area contributed by atoms with Crippen molar-refractivity contribution >= 4 is 39.9 Å². The van der Waals surface area contributed by atoms with Gasteiger partial charge in [-0.25, -0.2) is 4.98 Å². The number of carbonyl (C=O) groups is 1. The van der Waals surface area contributed by atoms with Crippen molar-refractivity contribution in [3.63, 3.8) is 0 Å². The van der Waals surface area contributed by atoms with Gasteiger partial charge in [0.2, 0.25) is 5.13 Å². The van der Waals surface area contributed by atoms with Gasteiger partial charge in [-0.15, -0.1) is 11.3 Å². The van der Waals surface area contributed by atoms with Crippen molar-refractivity contribution in [3.05, 3.63) is 59.5 Å². The van der Waals surface area contributed by atoms with Crippen LogP contribution >= 0.6 is 11.3 Å². The molecule has 1 heterocycles. The highest BCUT2D eigenvalue weighted by atomic mass is 32.1. The lowest BCUT2D eigenvalue weighted by molar-refractivity contribution is -0.102. The van der Waals surface area contributed by atoms with Gasteiger partial charge in [-0.3, -0.25) is 15.6 Å². The molecule has 0 fully saturated rings. The van der Waals surface area contributed by atoms with Crippen LogP contribution in [0.4, 0.5) is 10.8 Å². The SMILES string of the molecule is CCOc1ccccc1N/N=C(C=O)\C(C)=N/Nc1nc(-c2ccc(CCCCCCO)cc2)cs1. The maximum Gasteiger partial charge on any atom is 0.203 e. The van der Waals surface area contributed by atoms with Gasteiger partial charge < -0.3 is 9.84 Å². The summed E-state index contributed by atoms with van der Waals surface area (Å²) >= 11 is 1.44. The first-order chi connectivity index (χ1) is 17.6. The molecule has 0 aliphatic carbocycles. The molecule has 3 rings (SSSR count). The minimum absolute atomic E-state index is 0.164. The molecule has 0 saturated heterocycles. The Morgan fingerprint density at radius 3 is 2.58 bits per heavy atom. The summed E-state index contributed by atoms with van der Waals surface area (Å²) in [5, 5.41) is 19.9. The monoisotopic (exact) mass is 507 g/mol. The van der Waals surface area contributed by atoms with Crippen LogP contribution in [0.15, 0.2) is 64.1 Å². The Labute approximate surface area is 216 Å². The van der Waals surface area contributed by atoms with Crippen LogP contribution in [0.1, 0.15) is 45.1 Å². The number of aromatic nitrogens is 1. The van der Waals surface area contributed by atoms with E-state index in [9.17, 15) is 4.79 Å². The molecule has 0 unspecified atom stereocenters. The summed E-state index contributed by atoms with van der Waals surface area (Å²) in [5.74, 6) is 0.656. The second kappa shape index (κ2) is 14.8. The van der Waals surface area contributed by atoms with Gasteiger partial charge >= 0.3 is 0 Å². The van der Waals surface area contributed by atoms with Gasteiger partial charge in [0.05, 0.1) is 23.7 Å². The number of hydrazone groups is 2. The Bertz CT molecular complexity index is 1160. The van der Waals surface area contributed by atoms with Crippen LogP contribution in [-0.4, -0.2) is 41.0 Å². The molecule has 9 heteroatoms. The lowest BCUT2D eigenvalue weighted by Gasteiger charge is -2.09. The molecule has 0 aliphatic rings. The number of nitrogens with one attached hydrogen (secondary N) is 2. The third-order valence-corrected chi connectivity index (χ3v) is 6.16. The molecule has 190 valence electrons. The van der Waals surface area contributed by atoms with Gasteiger partial charge in [0.25, 0.3) is 0 Å². The number of anilines is 2. The molecule has 1 aromatic heterocycles. The Hall–Kier alpha value is -3.56. The molecular formula is C27H33N5O3S. The number of rotatable bonds is 15. The number of carbonyl (C=O) groups excluding carboxylic acids is 1. The second-order valence-corrected chi connectivity index (χ2v) is 8.95. The van der Waals surface area contributed by atoms with E-state index in [2.05, 4.69) is 50.3 Å². The second-order valence-electron chi connectivity index (χ2n) is 8.09. The molecular weight excluding hydrogens is 474 g/mol. The van der Waals surface area contributed by atoms with Crippen LogP contribution in [0.2, 0.25) is 0 Å². The molecule has 0 atom stereocenters. The number of nitrogens with zero attached hydrogens (tertiary/aromatic N) is 3. The lowest BCUT2D eigenvalue weighted by Crippen LogP contribution is -2.16. The maximum atomic E-state index is 11.6. The van der Waals surface area contributed by atoms with Crippen LogP contribution in [0.5, 0.6) is 5.75 Å². The van der Waals surface area contributed by atoms with Crippen LogP contribution in [-0.2, 0) is 11.2 Å². The molecule has 0 aliphatic heterocycles. The van der Waals surface area contributed by atoms with Crippen LogP contribution < -0.4 is 15.6 Å². The van der Waals surface area contributed by atoms with Gasteiger partial charge in [-0.1, -0.05) is 49.2 Å². The fraction of sp³-hybridized carbons (Fsp3) is 0.333. The number of aryl methyl sites for hydroxylation is 1. The van der Waals surface area contributed by atoms with Crippen molar-refractivity contribution in [2.24, 2.45) is 10.2 Å². The molecule has 0 bridgehead atoms. The Morgan fingerprint density at radius 1 is 1.06 bits per heavy atom. The molecule has 8 nitrogen and oxygen atoms in total. The van der Waals surface area contributed by atoms with Gasteiger partial charge in [0.15, 0.2) is 6.29 Å². The lowest BCUT2D eigenvalue weighted by atomic mass is 10.0. The molecule has 0 spiro atoms. The molecule has 0 radical (unpaired) electrons. The summed E-state index contributed by atoms with van der Waals surface area (Å²) in [4.78, 5) is 16.2. The van der Waals surface area contributed by atoms with E-state index in [0.29, 0.717) is 35.2 Å². The summed E-state index contributed by atoms with van der Waals surface area (Å²) in [6, 6.07) is 15.8. The number of aliphatic hydroxyl groups is 1. The molecule has 0 amide bonds. The predicted octanol–water partition coefficient (Wildman–Crippen LogP) is 5.76. The summed E-state index contributed by atoms with van der Waals surface area (Å²) in [5.41, 5.74) is 10.3. The van der Waals surface area contributed by atoms with Crippen molar-refractivity contribution in [1.29, 1.82) is 0 Å². The van der Waals surface area contributed by atoms with E-state index in [1.54, 1.807) is 6.92 Å². The van der Waals surface area contributed by atoms with Crippen LogP contribution in [0.3, 0.4) is 0 Å². The predicted molar refractivity (Wildman–Crippen MR) is 148 cm³/mol. The number of hydrogen-bond donors (Lipinski definition) is 3. The van der Waals surface area contributed by atoms with Crippen molar-refractivity contribution in [2.75, 3.05) is 24.1 Å². The topological polar surface area (TPSA) is 108 Å². The zero-order valence-electron chi connectivity index (χ0n) is 20.7. The Kier molecular flexibility index (Phi) is 11.1. The van der Waals surface area contributed by atoms with Gasteiger partial charge in [0.1, 0.15) is 11.5 Å². The van der Waals surface area contributed by atoms with E-state index in [4.69, 9.17) is 9.84 Å². The largest absolute Gasteiger partial charge is 0.492 e. The number of aliphatic hydroxyl groups excluding tert-OH is 1. The van der Waals surface area contributed by atoms with E-state index in [0.717, 1.165) is 43.4 Å². The standard InChI is InChI=1S/C27H33N5O3S/c1-3-35-26-12-8-7-11-23(26)30-31-24(18-34)20(2)29-32-27-28-25(19-36-27)22-15-13-21(14-16-22)10-6-4-5-9-17-33/h7-8,11-16,18-19,30,33H,3-6,9-10,17H2,1-2H3,(H,28,32)/b29-20-,31-24-. The van der Waals surface area contributed by atoms with Crippen LogP contribution in [0.25, 0.3) is 11.3 Å². The normalized spacial score (nSPS) is 11.9. The molecule has 0 saturated carbocycles.